The number of ether oxygens (including phenoxy) is 1. The van der Waals surface area contributed by atoms with Crippen LogP contribution < -0.4 is 5.32 Å². The molecule has 1 aliphatic rings. The molecule has 0 saturated heterocycles. The van der Waals surface area contributed by atoms with E-state index in [2.05, 4.69) is 17.0 Å². The molecule has 2 unspecified atom stereocenters. The van der Waals surface area contributed by atoms with Crippen LogP contribution >= 0.6 is 0 Å². The van der Waals surface area contributed by atoms with Crippen molar-refractivity contribution in [3.63, 3.8) is 0 Å². The van der Waals surface area contributed by atoms with E-state index in [0.29, 0.717) is 12.0 Å². The summed E-state index contributed by atoms with van der Waals surface area (Å²) in [7, 11) is 1.26. The van der Waals surface area contributed by atoms with Gasteiger partial charge in [-0.05, 0) is 37.0 Å². The SMILES string of the molecule is CCC1CCCCC1Nc1ccc(F)c(C(=O)OC)c1. The number of nitrogens with one attached hydrogen (secondary N) is 1. The molecule has 0 bridgehead atoms. The van der Waals surface area contributed by atoms with E-state index in [-0.39, 0.29) is 5.56 Å². The van der Waals surface area contributed by atoms with Gasteiger partial charge in [-0.3, -0.25) is 0 Å². The molecule has 2 atom stereocenters. The summed E-state index contributed by atoms with van der Waals surface area (Å²) in [4.78, 5) is 11.5. The largest absolute Gasteiger partial charge is 0.465 e. The fraction of sp³-hybridized carbons (Fsp3) is 0.562. The Bertz CT molecular complexity index is 476. The molecule has 3 nitrogen and oxygen atoms in total. The summed E-state index contributed by atoms with van der Waals surface area (Å²) in [5, 5.41) is 3.45. The second-order valence-corrected chi connectivity index (χ2v) is 5.39. The summed E-state index contributed by atoms with van der Waals surface area (Å²) in [6.07, 6.45) is 6.01. The van der Waals surface area contributed by atoms with E-state index in [4.69, 9.17) is 0 Å². The number of halogens is 1. The minimum atomic E-state index is -0.637. The number of methoxy groups -OCH3 is 1. The van der Waals surface area contributed by atoms with Gasteiger partial charge in [0, 0.05) is 11.7 Å². The highest BCUT2D eigenvalue weighted by Crippen LogP contribution is 2.29. The molecule has 1 N–H and O–H groups in total. The van der Waals surface area contributed by atoms with Crippen LogP contribution in [0.2, 0.25) is 0 Å². The fourth-order valence-electron chi connectivity index (χ4n) is 2.98. The smallest absolute Gasteiger partial charge is 0.340 e. The molecule has 0 spiro atoms. The minimum Gasteiger partial charge on any atom is -0.465 e. The zero-order valence-electron chi connectivity index (χ0n) is 12.1. The molecule has 0 aromatic heterocycles. The first-order valence-corrected chi connectivity index (χ1v) is 7.30. The maximum Gasteiger partial charge on any atom is 0.340 e. The number of rotatable bonds is 4. The van der Waals surface area contributed by atoms with Crippen molar-refractivity contribution in [3.8, 4) is 0 Å². The molecule has 0 heterocycles. The quantitative estimate of drug-likeness (QED) is 0.847. The topological polar surface area (TPSA) is 38.3 Å². The average molecular weight is 279 g/mol. The standard InChI is InChI=1S/C16H22FNO2/c1-3-11-6-4-5-7-15(11)18-12-8-9-14(17)13(10-12)16(19)20-2/h8-11,15,18H,3-7H2,1-2H3. The summed E-state index contributed by atoms with van der Waals surface area (Å²) in [6, 6.07) is 4.95. The van der Waals surface area contributed by atoms with Crippen molar-refractivity contribution >= 4 is 11.7 Å². The van der Waals surface area contributed by atoms with E-state index in [1.807, 2.05) is 0 Å². The first-order chi connectivity index (χ1) is 9.65. The summed E-state index contributed by atoms with van der Waals surface area (Å²) < 4.78 is 18.2. The van der Waals surface area contributed by atoms with Crippen LogP contribution in [-0.4, -0.2) is 19.1 Å². The lowest BCUT2D eigenvalue weighted by Crippen LogP contribution is -2.31. The van der Waals surface area contributed by atoms with E-state index >= 15 is 0 Å². The highest BCUT2D eigenvalue weighted by Gasteiger charge is 2.24. The molecule has 2 rings (SSSR count). The Kier molecular flexibility index (Phi) is 4.99. The molecule has 1 aromatic carbocycles. The number of anilines is 1. The van der Waals surface area contributed by atoms with Gasteiger partial charge in [0.05, 0.1) is 12.7 Å². The van der Waals surface area contributed by atoms with Crippen LogP contribution in [-0.2, 0) is 4.74 Å². The number of carbonyl (C=O) groups is 1. The van der Waals surface area contributed by atoms with Crippen LogP contribution in [0.15, 0.2) is 18.2 Å². The van der Waals surface area contributed by atoms with Crippen molar-refractivity contribution in [1.82, 2.24) is 0 Å². The predicted octanol–water partition coefficient (Wildman–Crippen LogP) is 3.99. The van der Waals surface area contributed by atoms with Gasteiger partial charge in [0.25, 0.3) is 0 Å². The van der Waals surface area contributed by atoms with Crippen LogP contribution in [0.25, 0.3) is 0 Å². The Hall–Kier alpha value is -1.58. The van der Waals surface area contributed by atoms with E-state index in [1.165, 1.54) is 32.4 Å². The molecule has 110 valence electrons. The molecule has 0 aliphatic heterocycles. The normalized spacial score (nSPS) is 22.4. The van der Waals surface area contributed by atoms with Crippen LogP contribution in [0, 0.1) is 11.7 Å². The van der Waals surface area contributed by atoms with Crippen molar-refractivity contribution in [2.75, 3.05) is 12.4 Å². The molecule has 4 heteroatoms. The molecule has 1 aromatic rings. The van der Waals surface area contributed by atoms with Gasteiger partial charge >= 0.3 is 5.97 Å². The van der Waals surface area contributed by atoms with Crippen molar-refractivity contribution in [3.05, 3.63) is 29.6 Å². The highest BCUT2D eigenvalue weighted by atomic mass is 19.1. The zero-order chi connectivity index (χ0) is 14.5. The van der Waals surface area contributed by atoms with Gasteiger partial charge in [0.15, 0.2) is 0 Å². The molecule has 1 saturated carbocycles. The monoisotopic (exact) mass is 279 g/mol. The summed E-state index contributed by atoms with van der Waals surface area (Å²) in [5.74, 6) is -0.532. The van der Waals surface area contributed by atoms with Crippen LogP contribution in [0.1, 0.15) is 49.4 Å². The first-order valence-electron chi connectivity index (χ1n) is 7.30. The third-order valence-electron chi connectivity index (χ3n) is 4.16. The Morgan fingerprint density at radius 3 is 2.85 bits per heavy atom. The van der Waals surface area contributed by atoms with Gasteiger partial charge in [-0.1, -0.05) is 26.2 Å². The van der Waals surface area contributed by atoms with Crippen molar-refractivity contribution in [2.45, 2.75) is 45.1 Å². The number of benzene rings is 1. The van der Waals surface area contributed by atoms with Crippen LogP contribution in [0.3, 0.4) is 0 Å². The molecule has 0 amide bonds. The van der Waals surface area contributed by atoms with Gasteiger partial charge in [0.2, 0.25) is 0 Å². The van der Waals surface area contributed by atoms with Crippen molar-refractivity contribution in [2.24, 2.45) is 5.92 Å². The number of hydrogen-bond donors (Lipinski definition) is 1. The molecule has 20 heavy (non-hydrogen) atoms. The number of carbonyl (C=O) groups excluding carboxylic acids is 1. The first kappa shape index (κ1) is 14.8. The molecule has 1 fully saturated rings. The van der Waals surface area contributed by atoms with Gasteiger partial charge < -0.3 is 10.1 Å². The number of hydrogen-bond acceptors (Lipinski definition) is 3. The van der Waals surface area contributed by atoms with Gasteiger partial charge in [0.1, 0.15) is 5.82 Å². The summed E-state index contributed by atoms with van der Waals surface area (Å²) in [6.45, 7) is 2.20. The molecular weight excluding hydrogens is 257 g/mol. The minimum absolute atomic E-state index is 0.0126. The maximum absolute atomic E-state index is 13.6. The lowest BCUT2D eigenvalue weighted by atomic mass is 9.83. The Labute approximate surface area is 119 Å². The molecule has 0 radical (unpaired) electrons. The molecule has 1 aliphatic carbocycles. The average Bonchev–Trinajstić information content (AvgIpc) is 2.49. The third kappa shape index (κ3) is 3.30. The zero-order valence-corrected chi connectivity index (χ0v) is 12.1. The predicted molar refractivity (Wildman–Crippen MR) is 77.4 cm³/mol. The lowest BCUT2D eigenvalue weighted by molar-refractivity contribution is 0.0595. The maximum atomic E-state index is 13.6. The Morgan fingerprint density at radius 1 is 1.40 bits per heavy atom. The van der Waals surface area contributed by atoms with E-state index in [1.54, 1.807) is 12.1 Å². The van der Waals surface area contributed by atoms with E-state index in [0.717, 1.165) is 18.5 Å². The van der Waals surface area contributed by atoms with E-state index < -0.39 is 11.8 Å². The third-order valence-corrected chi connectivity index (χ3v) is 4.16. The fourth-order valence-corrected chi connectivity index (χ4v) is 2.98. The van der Waals surface area contributed by atoms with E-state index in [9.17, 15) is 9.18 Å². The Morgan fingerprint density at radius 2 is 2.15 bits per heavy atom. The van der Waals surface area contributed by atoms with Crippen molar-refractivity contribution < 1.29 is 13.9 Å². The summed E-state index contributed by atoms with van der Waals surface area (Å²) >= 11 is 0. The van der Waals surface area contributed by atoms with Crippen LogP contribution in [0.4, 0.5) is 10.1 Å². The summed E-state index contributed by atoms with van der Waals surface area (Å²) in [5.41, 5.74) is 0.776. The molecular formula is C16H22FNO2. The Balaban J connectivity index is 2.14. The second-order valence-electron chi connectivity index (χ2n) is 5.39. The van der Waals surface area contributed by atoms with Gasteiger partial charge in [-0.2, -0.15) is 0 Å². The highest BCUT2D eigenvalue weighted by molar-refractivity contribution is 5.90. The van der Waals surface area contributed by atoms with Crippen molar-refractivity contribution in [1.29, 1.82) is 0 Å². The lowest BCUT2D eigenvalue weighted by Gasteiger charge is -2.32. The second kappa shape index (κ2) is 6.73. The van der Waals surface area contributed by atoms with Gasteiger partial charge in [-0.25, -0.2) is 9.18 Å². The van der Waals surface area contributed by atoms with Gasteiger partial charge in [-0.15, -0.1) is 0 Å². The van der Waals surface area contributed by atoms with Crippen LogP contribution in [0.5, 0.6) is 0 Å². The number of esters is 1.